The monoisotopic (exact) mass is 436 g/mol. The van der Waals surface area contributed by atoms with Gasteiger partial charge in [0.05, 0.1) is 0 Å². The Bertz CT molecular complexity index is 1530. The third kappa shape index (κ3) is 3.44. The molecule has 31 heavy (non-hydrogen) atoms. The van der Waals surface area contributed by atoms with Crippen LogP contribution in [-0.4, -0.2) is 0 Å². The van der Waals surface area contributed by atoms with Gasteiger partial charge in [0, 0.05) is 25.0 Å². The average Bonchev–Trinajstić information content (AvgIpc) is 3.44. The van der Waals surface area contributed by atoms with Gasteiger partial charge in [-0.1, -0.05) is 49.7 Å². The maximum atomic E-state index is 2.43. The molecule has 0 bridgehead atoms. The topological polar surface area (TPSA) is 0 Å². The summed E-state index contributed by atoms with van der Waals surface area (Å²) < 4.78 is 2.77. The number of thiophene rings is 2. The summed E-state index contributed by atoms with van der Waals surface area (Å²) in [5.41, 5.74) is 2.89. The minimum atomic E-state index is 1.11. The maximum absolute atomic E-state index is 2.43. The van der Waals surface area contributed by atoms with Crippen molar-refractivity contribution >= 4 is 64.4 Å². The van der Waals surface area contributed by atoms with Crippen molar-refractivity contribution in [3.05, 3.63) is 94.2 Å². The second kappa shape index (κ2) is 7.78. The Labute approximate surface area is 190 Å². The Morgan fingerprint density at radius 2 is 1.26 bits per heavy atom. The van der Waals surface area contributed by atoms with Crippen molar-refractivity contribution in [1.82, 2.24) is 0 Å². The van der Waals surface area contributed by atoms with Crippen molar-refractivity contribution in [1.29, 1.82) is 0 Å². The van der Waals surface area contributed by atoms with Crippen molar-refractivity contribution < 1.29 is 0 Å². The van der Waals surface area contributed by atoms with E-state index < -0.39 is 0 Å². The van der Waals surface area contributed by atoms with E-state index in [1.165, 1.54) is 70.6 Å². The Morgan fingerprint density at radius 3 is 2.00 bits per heavy atom. The number of rotatable bonds is 5. The molecule has 0 aliphatic heterocycles. The van der Waals surface area contributed by atoms with Crippen molar-refractivity contribution in [3.8, 4) is 0 Å². The molecule has 0 saturated heterocycles. The molecule has 0 nitrogen and oxygen atoms in total. The minimum Gasteiger partial charge on any atom is -0.144 e. The second-order valence-electron chi connectivity index (χ2n) is 8.45. The number of hydrogen-bond donors (Lipinski definition) is 0. The Morgan fingerprint density at radius 1 is 0.581 bits per heavy atom. The predicted octanol–water partition coefficient (Wildman–Crippen LogP) is 9.16. The van der Waals surface area contributed by atoms with Gasteiger partial charge < -0.3 is 0 Å². The molecule has 0 amide bonds. The molecule has 0 N–H and O–H groups in total. The van der Waals surface area contributed by atoms with Crippen LogP contribution in [0.3, 0.4) is 0 Å². The first-order chi connectivity index (χ1) is 15.3. The summed E-state index contributed by atoms with van der Waals surface area (Å²) in [6.45, 7) is 2.24. The quantitative estimate of drug-likeness (QED) is 0.236. The SMILES string of the molecule is CCCc1ccc(CCc2cc3c(ccc4cc5c(ccc6sccc65)cc43)s2)cc1. The summed E-state index contributed by atoms with van der Waals surface area (Å²) in [5, 5.41) is 10.4. The van der Waals surface area contributed by atoms with E-state index in [1.807, 2.05) is 22.7 Å². The summed E-state index contributed by atoms with van der Waals surface area (Å²) in [5.74, 6) is 0. The summed E-state index contributed by atoms with van der Waals surface area (Å²) in [6, 6.07) is 27.8. The van der Waals surface area contributed by atoms with Crippen LogP contribution < -0.4 is 0 Å². The number of aryl methyl sites for hydroxylation is 3. The molecule has 0 fully saturated rings. The van der Waals surface area contributed by atoms with E-state index in [0.29, 0.717) is 0 Å². The van der Waals surface area contributed by atoms with Gasteiger partial charge in [-0.05, 0) is 93.7 Å². The molecule has 4 aromatic carbocycles. The minimum absolute atomic E-state index is 1.11. The van der Waals surface area contributed by atoms with E-state index in [4.69, 9.17) is 0 Å². The van der Waals surface area contributed by atoms with E-state index in [2.05, 4.69) is 85.1 Å². The van der Waals surface area contributed by atoms with Crippen molar-refractivity contribution in [2.45, 2.75) is 32.6 Å². The first kappa shape index (κ1) is 19.0. The fraction of sp³-hybridized carbons (Fsp3) is 0.172. The van der Waals surface area contributed by atoms with E-state index in [0.717, 1.165) is 12.8 Å². The van der Waals surface area contributed by atoms with Crippen LogP contribution in [0.2, 0.25) is 0 Å². The van der Waals surface area contributed by atoms with Gasteiger partial charge in [0.2, 0.25) is 0 Å². The van der Waals surface area contributed by atoms with Crippen molar-refractivity contribution in [2.24, 2.45) is 0 Å². The number of benzene rings is 4. The molecule has 6 aromatic rings. The molecule has 0 unspecified atom stereocenters. The van der Waals surface area contributed by atoms with Crippen LogP contribution in [0.25, 0.3) is 41.7 Å². The van der Waals surface area contributed by atoms with E-state index in [9.17, 15) is 0 Å². The van der Waals surface area contributed by atoms with Crippen LogP contribution in [-0.2, 0) is 19.3 Å². The highest BCUT2D eigenvalue weighted by Gasteiger charge is 2.09. The van der Waals surface area contributed by atoms with E-state index in [-0.39, 0.29) is 0 Å². The van der Waals surface area contributed by atoms with Crippen molar-refractivity contribution in [3.63, 3.8) is 0 Å². The van der Waals surface area contributed by atoms with Gasteiger partial charge in [0.1, 0.15) is 0 Å². The lowest BCUT2D eigenvalue weighted by Crippen LogP contribution is -1.90. The zero-order chi connectivity index (χ0) is 20.8. The highest BCUT2D eigenvalue weighted by Crippen LogP contribution is 2.37. The number of hydrogen-bond acceptors (Lipinski definition) is 2. The molecule has 0 aliphatic rings. The van der Waals surface area contributed by atoms with Gasteiger partial charge >= 0.3 is 0 Å². The first-order valence-corrected chi connectivity index (χ1v) is 12.8. The smallest absolute Gasteiger partial charge is 0.0352 e. The van der Waals surface area contributed by atoms with Crippen LogP contribution in [0.1, 0.15) is 29.3 Å². The van der Waals surface area contributed by atoms with Crippen LogP contribution in [0.5, 0.6) is 0 Å². The van der Waals surface area contributed by atoms with Crippen LogP contribution >= 0.6 is 22.7 Å². The zero-order valence-corrected chi connectivity index (χ0v) is 19.3. The summed E-state index contributed by atoms with van der Waals surface area (Å²) >= 11 is 3.78. The Balaban J connectivity index is 1.36. The lowest BCUT2D eigenvalue weighted by Gasteiger charge is -2.05. The maximum Gasteiger partial charge on any atom is 0.0352 e. The number of fused-ring (bicyclic) bond motifs is 6. The normalized spacial score (nSPS) is 11.9. The third-order valence-corrected chi connectivity index (χ3v) is 8.40. The van der Waals surface area contributed by atoms with Gasteiger partial charge in [-0.2, -0.15) is 0 Å². The third-order valence-electron chi connectivity index (χ3n) is 6.36. The van der Waals surface area contributed by atoms with E-state index >= 15 is 0 Å². The van der Waals surface area contributed by atoms with Crippen LogP contribution in [0.4, 0.5) is 0 Å². The summed E-state index contributed by atoms with van der Waals surface area (Å²) in [4.78, 5) is 1.48. The molecule has 2 heterocycles. The summed E-state index contributed by atoms with van der Waals surface area (Å²) in [7, 11) is 0. The zero-order valence-electron chi connectivity index (χ0n) is 17.7. The van der Waals surface area contributed by atoms with Gasteiger partial charge in [0.15, 0.2) is 0 Å². The van der Waals surface area contributed by atoms with Crippen LogP contribution in [0, 0.1) is 0 Å². The fourth-order valence-corrected chi connectivity index (χ4v) is 6.60. The molecule has 0 radical (unpaired) electrons. The predicted molar refractivity (Wildman–Crippen MR) is 140 cm³/mol. The van der Waals surface area contributed by atoms with Gasteiger partial charge in [0.25, 0.3) is 0 Å². The molecule has 2 aromatic heterocycles. The van der Waals surface area contributed by atoms with Gasteiger partial charge in [-0.15, -0.1) is 22.7 Å². The molecular formula is C29H24S2. The van der Waals surface area contributed by atoms with Gasteiger partial charge in [-0.3, -0.25) is 0 Å². The lowest BCUT2D eigenvalue weighted by molar-refractivity contribution is 0.916. The fourth-order valence-electron chi connectivity index (χ4n) is 4.72. The van der Waals surface area contributed by atoms with Gasteiger partial charge in [-0.25, -0.2) is 0 Å². The largest absolute Gasteiger partial charge is 0.144 e. The highest BCUT2D eigenvalue weighted by atomic mass is 32.1. The standard InChI is InChI=1S/C29H24S2/c1-2-3-19-4-6-20(7-5-19)8-11-23-18-27-26-17-21-9-12-28-24(14-15-30-28)25(21)16-22(26)10-13-29(27)31-23/h4-7,9-10,12-18H,2-3,8,11H2,1H3. The van der Waals surface area contributed by atoms with E-state index in [1.54, 1.807) is 0 Å². The molecular weight excluding hydrogens is 412 g/mol. The molecule has 6 rings (SSSR count). The molecule has 0 atom stereocenters. The Hall–Kier alpha value is -2.68. The molecule has 0 saturated carbocycles. The molecule has 0 spiro atoms. The first-order valence-electron chi connectivity index (χ1n) is 11.1. The average molecular weight is 437 g/mol. The second-order valence-corrected chi connectivity index (χ2v) is 10.6. The Kier molecular flexibility index (Phi) is 4.78. The lowest BCUT2D eigenvalue weighted by atomic mass is 9.99. The molecule has 2 heteroatoms. The highest BCUT2D eigenvalue weighted by molar-refractivity contribution is 7.19. The van der Waals surface area contributed by atoms with Crippen molar-refractivity contribution in [2.75, 3.05) is 0 Å². The summed E-state index contributed by atoms with van der Waals surface area (Å²) in [6.07, 6.45) is 4.60. The molecule has 0 aliphatic carbocycles. The molecule has 152 valence electrons. The van der Waals surface area contributed by atoms with Crippen LogP contribution in [0.15, 0.2) is 78.2 Å².